The Morgan fingerprint density at radius 2 is 1.61 bits per heavy atom. The molecule has 18 heavy (non-hydrogen) atoms. The minimum atomic E-state index is -0.517. The molecule has 0 aliphatic heterocycles. The van der Waals surface area contributed by atoms with Crippen LogP contribution in [0.25, 0.3) is 0 Å². The van der Waals surface area contributed by atoms with Gasteiger partial charge in [0.15, 0.2) is 5.78 Å². The molecule has 0 fully saturated rings. The number of hydrogen-bond donors (Lipinski definition) is 1. The second-order valence-electron chi connectivity index (χ2n) is 6.49. The first kappa shape index (κ1) is 16.9. The van der Waals surface area contributed by atoms with E-state index >= 15 is 0 Å². The third-order valence-corrected chi connectivity index (χ3v) is 2.53. The van der Waals surface area contributed by atoms with E-state index in [0.717, 1.165) is 0 Å². The van der Waals surface area contributed by atoms with Crippen LogP contribution in [-0.4, -0.2) is 24.5 Å². The summed E-state index contributed by atoms with van der Waals surface area (Å²) in [6.07, 6.45) is -0.516. The van der Waals surface area contributed by atoms with Crippen molar-refractivity contribution in [2.45, 2.75) is 54.5 Å². The zero-order valence-corrected chi connectivity index (χ0v) is 12.7. The summed E-state index contributed by atoms with van der Waals surface area (Å²) in [5.74, 6) is 0.202. The molecule has 1 unspecified atom stereocenters. The Morgan fingerprint density at radius 1 is 1.11 bits per heavy atom. The number of ketones is 1. The van der Waals surface area contributed by atoms with Crippen LogP contribution in [0.2, 0.25) is 0 Å². The number of amides is 1. The Bertz CT molecular complexity index is 290. The van der Waals surface area contributed by atoms with Gasteiger partial charge in [-0.15, -0.1) is 0 Å². The van der Waals surface area contributed by atoms with Gasteiger partial charge in [0.05, 0.1) is 12.6 Å². The zero-order valence-electron chi connectivity index (χ0n) is 12.7. The Labute approximate surface area is 110 Å². The van der Waals surface area contributed by atoms with Crippen LogP contribution in [0.15, 0.2) is 0 Å². The molecule has 0 aliphatic carbocycles. The maximum Gasteiger partial charge on any atom is 0.407 e. The van der Waals surface area contributed by atoms with Crippen LogP contribution in [0.4, 0.5) is 4.79 Å². The quantitative estimate of drug-likeness (QED) is 0.823. The second-order valence-corrected chi connectivity index (χ2v) is 6.49. The van der Waals surface area contributed by atoms with Crippen LogP contribution in [0.1, 0.15) is 48.5 Å². The predicted octanol–water partition coefficient (Wildman–Crippen LogP) is 3.01. The van der Waals surface area contributed by atoms with Gasteiger partial charge in [-0.3, -0.25) is 4.79 Å². The lowest BCUT2D eigenvalue weighted by molar-refractivity contribution is -0.126. The molecule has 0 saturated heterocycles. The Kier molecular flexibility index (Phi) is 6.36. The van der Waals surface area contributed by atoms with E-state index in [4.69, 9.17) is 4.74 Å². The van der Waals surface area contributed by atoms with Crippen molar-refractivity contribution in [3.63, 3.8) is 0 Å². The third kappa shape index (κ3) is 6.03. The summed E-state index contributed by atoms with van der Waals surface area (Å²) in [7, 11) is 0. The fourth-order valence-corrected chi connectivity index (χ4v) is 1.45. The molecule has 0 aromatic rings. The molecule has 4 heteroatoms. The smallest absolute Gasteiger partial charge is 0.407 e. The largest absolute Gasteiger partial charge is 0.449 e. The molecular weight excluding hydrogens is 230 g/mol. The standard InChI is InChI=1S/C14H27NO3/c1-9(2)8-18-13(17)15-12(14(5,6)7)11(16)10(3)4/h9-10,12H,8H2,1-7H3,(H,15,17). The first-order valence-corrected chi connectivity index (χ1v) is 6.52. The molecule has 0 spiro atoms. The highest BCUT2D eigenvalue weighted by Crippen LogP contribution is 2.22. The van der Waals surface area contributed by atoms with Crippen molar-refractivity contribution in [3.8, 4) is 0 Å². The number of Topliss-reactive ketones (excluding diaryl/α,β-unsaturated/α-hetero) is 1. The Morgan fingerprint density at radius 3 is 1.94 bits per heavy atom. The molecule has 0 aliphatic rings. The summed E-state index contributed by atoms with van der Waals surface area (Å²) in [6.45, 7) is 13.8. The van der Waals surface area contributed by atoms with Crippen molar-refractivity contribution in [1.29, 1.82) is 0 Å². The van der Waals surface area contributed by atoms with E-state index in [9.17, 15) is 9.59 Å². The van der Waals surface area contributed by atoms with Gasteiger partial charge in [0.1, 0.15) is 0 Å². The number of nitrogens with one attached hydrogen (secondary N) is 1. The van der Waals surface area contributed by atoms with Gasteiger partial charge in [-0.2, -0.15) is 0 Å². The lowest BCUT2D eigenvalue weighted by Gasteiger charge is -2.31. The first-order chi connectivity index (χ1) is 8.05. The number of rotatable bonds is 5. The predicted molar refractivity (Wildman–Crippen MR) is 72.4 cm³/mol. The van der Waals surface area contributed by atoms with Gasteiger partial charge < -0.3 is 10.1 Å². The van der Waals surface area contributed by atoms with Crippen molar-refractivity contribution in [2.75, 3.05) is 6.61 Å². The van der Waals surface area contributed by atoms with Gasteiger partial charge in [-0.05, 0) is 11.3 Å². The zero-order chi connectivity index (χ0) is 14.5. The number of alkyl carbamates (subject to hydrolysis) is 1. The van der Waals surface area contributed by atoms with Gasteiger partial charge in [-0.25, -0.2) is 4.79 Å². The van der Waals surface area contributed by atoms with Gasteiger partial charge >= 0.3 is 6.09 Å². The monoisotopic (exact) mass is 257 g/mol. The molecule has 0 heterocycles. The summed E-state index contributed by atoms with van der Waals surface area (Å²) in [5, 5.41) is 2.68. The highest BCUT2D eigenvalue weighted by Gasteiger charge is 2.34. The van der Waals surface area contributed by atoms with Crippen molar-refractivity contribution in [3.05, 3.63) is 0 Å². The van der Waals surface area contributed by atoms with Crippen LogP contribution < -0.4 is 5.32 Å². The molecule has 1 atom stereocenters. The van der Waals surface area contributed by atoms with Crippen molar-refractivity contribution in [1.82, 2.24) is 5.32 Å². The van der Waals surface area contributed by atoms with E-state index in [1.807, 2.05) is 48.5 Å². The lowest BCUT2D eigenvalue weighted by atomic mass is 9.81. The summed E-state index contributed by atoms with van der Waals surface area (Å²) in [4.78, 5) is 23.7. The fraction of sp³-hybridized carbons (Fsp3) is 0.857. The minimum Gasteiger partial charge on any atom is -0.449 e. The van der Waals surface area contributed by atoms with Crippen LogP contribution in [0.3, 0.4) is 0 Å². The second kappa shape index (κ2) is 6.76. The van der Waals surface area contributed by atoms with Gasteiger partial charge in [0, 0.05) is 5.92 Å². The van der Waals surface area contributed by atoms with Crippen LogP contribution in [0, 0.1) is 17.3 Å². The molecule has 0 radical (unpaired) electrons. The maximum atomic E-state index is 12.1. The number of carbonyl (C=O) groups is 2. The summed E-state index contributed by atoms with van der Waals surface area (Å²) >= 11 is 0. The normalized spacial score (nSPS) is 13.6. The lowest BCUT2D eigenvalue weighted by Crippen LogP contribution is -2.50. The summed E-state index contributed by atoms with van der Waals surface area (Å²) in [6, 6.07) is -0.517. The topological polar surface area (TPSA) is 55.4 Å². The van der Waals surface area contributed by atoms with E-state index in [-0.39, 0.29) is 23.0 Å². The van der Waals surface area contributed by atoms with Gasteiger partial charge in [-0.1, -0.05) is 48.5 Å². The SMILES string of the molecule is CC(C)COC(=O)NC(C(=O)C(C)C)C(C)(C)C. The van der Waals surface area contributed by atoms with E-state index in [1.165, 1.54) is 0 Å². The van der Waals surface area contributed by atoms with Crippen LogP contribution in [-0.2, 0) is 9.53 Å². The molecule has 106 valence electrons. The average molecular weight is 257 g/mol. The van der Waals surface area contributed by atoms with Crippen molar-refractivity contribution < 1.29 is 14.3 Å². The molecule has 1 N–H and O–H groups in total. The highest BCUT2D eigenvalue weighted by atomic mass is 16.5. The molecule has 4 nitrogen and oxygen atoms in total. The fourth-order valence-electron chi connectivity index (χ4n) is 1.45. The molecular formula is C14H27NO3. The molecule has 1 amide bonds. The van der Waals surface area contributed by atoms with Gasteiger partial charge in [0.2, 0.25) is 0 Å². The van der Waals surface area contributed by atoms with Crippen molar-refractivity contribution in [2.24, 2.45) is 17.3 Å². The maximum absolute atomic E-state index is 12.1. The first-order valence-electron chi connectivity index (χ1n) is 6.52. The van der Waals surface area contributed by atoms with E-state index in [2.05, 4.69) is 5.32 Å². The minimum absolute atomic E-state index is 0.0315. The summed E-state index contributed by atoms with van der Waals surface area (Å²) in [5.41, 5.74) is -0.321. The third-order valence-electron chi connectivity index (χ3n) is 2.53. The molecule has 0 aromatic heterocycles. The Balaban J connectivity index is 4.62. The number of hydrogen-bond acceptors (Lipinski definition) is 3. The molecule has 0 rings (SSSR count). The van der Waals surface area contributed by atoms with E-state index < -0.39 is 12.1 Å². The average Bonchev–Trinajstić information content (AvgIpc) is 2.20. The van der Waals surface area contributed by atoms with Crippen LogP contribution >= 0.6 is 0 Å². The van der Waals surface area contributed by atoms with E-state index in [1.54, 1.807) is 0 Å². The number of ether oxygens (including phenoxy) is 1. The Hall–Kier alpha value is -1.06. The molecule has 0 saturated carbocycles. The number of carbonyl (C=O) groups excluding carboxylic acids is 2. The molecule has 0 aromatic carbocycles. The van der Waals surface area contributed by atoms with Crippen molar-refractivity contribution >= 4 is 11.9 Å². The molecule has 0 bridgehead atoms. The van der Waals surface area contributed by atoms with Gasteiger partial charge in [0.25, 0.3) is 0 Å². The van der Waals surface area contributed by atoms with Crippen LogP contribution in [0.5, 0.6) is 0 Å². The summed E-state index contributed by atoms with van der Waals surface area (Å²) < 4.78 is 5.06. The van der Waals surface area contributed by atoms with E-state index in [0.29, 0.717) is 6.61 Å². The highest BCUT2D eigenvalue weighted by molar-refractivity contribution is 5.89.